The van der Waals surface area contributed by atoms with Gasteiger partial charge in [0.25, 0.3) is 11.8 Å². The number of rotatable bonds is 6. The molecule has 0 bridgehead atoms. The summed E-state index contributed by atoms with van der Waals surface area (Å²) in [5, 5.41) is 10.4. The normalized spacial score (nSPS) is 10.7. The Bertz CT molecular complexity index is 1020. The SMILES string of the molecule is Cc1c(C(=O)Nc2ccccc2C(N)=O)nnn1-c1ccc(OC(F)F)cc1. The summed E-state index contributed by atoms with van der Waals surface area (Å²) in [6.07, 6.45) is 0. The van der Waals surface area contributed by atoms with E-state index in [9.17, 15) is 18.4 Å². The van der Waals surface area contributed by atoms with E-state index in [-0.39, 0.29) is 22.7 Å². The molecule has 0 aliphatic heterocycles. The predicted molar refractivity (Wildman–Crippen MR) is 95.6 cm³/mol. The predicted octanol–water partition coefficient (Wildman–Crippen LogP) is 2.53. The van der Waals surface area contributed by atoms with E-state index >= 15 is 0 Å². The molecule has 1 heterocycles. The van der Waals surface area contributed by atoms with Gasteiger partial charge in [0.05, 0.1) is 22.6 Å². The summed E-state index contributed by atoms with van der Waals surface area (Å²) in [4.78, 5) is 24.0. The highest BCUT2D eigenvalue weighted by Gasteiger charge is 2.19. The van der Waals surface area contributed by atoms with Crippen molar-refractivity contribution >= 4 is 17.5 Å². The summed E-state index contributed by atoms with van der Waals surface area (Å²) in [6.45, 7) is -1.30. The molecule has 0 radical (unpaired) electrons. The first-order chi connectivity index (χ1) is 13.4. The maximum absolute atomic E-state index is 12.5. The maximum atomic E-state index is 12.5. The molecular weight excluding hydrogens is 372 g/mol. The van der Waals surface area contributed by atoms with Gasteiger partial charge in [-0.3, -0.25) is 9.59 Å². The molecule has 0 fully saturated rings. The van der Waals surface area contributed by atoms with E-state index in [1.807, 2.05) is 0 Å². The van der Waals surface area contributed by atoms with Crippen LogP contribution in [0.1, 0.15) is 26.5 Å². The van der Waals surface area contributed by atoms with E-state index < -0.39 is 18.4 Å². The van der Waals surface area contributed by atoms with Crippen LogP contribution in [-0.2, 0) is 0 Å². The van der Waals surface area contributed by atoms with Gasteiger partial charge < -0.3 is 15.8 Å². The number of hydrogen-bond donors (Lipinski definition) is 2. The molecule has 0 aliphatic rings. The van der Waals surface area contributed by atoms with Crippen molar-refractivity contribution in [2.45, 2.75) is 13.5 Å². The number of primary amides is 1. The first kappa shape index (κ1) is 19.0. The lowest BCUT2D eigenvalue weighted by Gasteiger charge is -2.08. The minimum Gasteiger partial charge on any atom is -0.435 e. The van der Waals surface area contributed by atoms with Crippen molar-refractivity contribution < 1.29 is 23.1 Å². The summed E-state index contributed by atoms with van der Waals surface area (Å²) in [5.41, 5.74) is 6.67. The van der Waals surface area contributed by atoms with Crippen molar-refractivity contribution in [2.24, 2.45) is 5.73 Å². The molecule has 0 atom stereocenters. The summed E-state index contributed by atoms with van der Waals surface area (Å²) < 4.78 is 30.1. The van der Waals surface area contributed by atoms with Crippen LogP contribution in [0.5, 0.6) is 5.75 Å². The van der Waals surface area contributed by atoms with Crippen molar-refractivity contribution in [3.05, 3.63) is 65.5 Å². The molecule has 0 aliphatic carbocycles. The quantitative estimate of drug-likeness (QED) is 0.675. The zero-order valence-corrected chi connectivity index (χ0v) is 14.6. The number of carbonyl (C=O) groups is 2. The zero-order chi connectivity index (χ0) is 20.3. The minimum atomic E-state index is -2.92. The molecular formula is C18H15F2N5O3. The molecule has 10 heteroatoms. The monoisotopic (exact) mass is 387 g/mol. The summed E-state index contributed by atoms with van der Waals surface area (Å²) in [5.74, 6) is -1.25. The second-order valence-electron chi connectivity index (χ2n) is 5.67. The zero-order valence-electron chi connectivity index (χ0n) is 14.6. The molecule has 144 valence electrons. The third-order valence-electron chi connectivity index (χ3n) is 3.86. The van der Waals surface area contributed by atoms with Crippen LogP contribution in [0, 0.1) is 6.92 Å². The average molecular weight is 387 g/mol. The van der Waals surface area contributed by atoms with Gasteiger partial charge in [-0.15, -0.1) is 5.10 Å². The summed E-state index contributed by atoms with van der Waals surface area (Å²) in [7, 11) is 0. The topological polar surface area (TPSA) is 112 Å². The van der Waals surface area contributed by atoms with Gasteiger partial charge in [0.1, 0.15) is 5.75 Å². The minimum absolute atomic E-state index is 0.00227. The van der Waals surface area contributed by atoms with Gasteiger partial charge in [-0.1, -0.05) is 17.3 Å². The molecule has 0 unspecified atom stereocenters. The largest absolute Gasteiger partial charge is 0.435 e. The Morgan fingerprint density at radius 1 is 1.14 bits per heavy atom. The Morgan fingerprint density at radius 3 is 2.46 bits per heavy atom. The lowest BCUT2D eigenvalue weighted by molar-refractivity contribution is -0.0498. The third kappa shape index (κ3) is 3.95. The van der Waals surface area contributed by atoms with Crippen LogP contribution < -0.4 is 15.8 Å². The van der Waals surface area contributed by atoms with Crippen LogP contribution in [0.2, 0.25) is 0 Å². The highest BCUT2D eigenvalue weighted by atomic mass is 19.3. The lowest BCUT2D eigenvalue weighted by atomic mass is 10.1. The Hall–Kier alpha value is -3.82. The molecule has 3 rings (SSSR count). The smallest absolute Gasteiger partial charge is 0.387 e. The van der Waals surface area contributed by atoms with Crippen LogP contribution >= 0.6 is 0 Å². The average Bonchev–Trinajstić information content (AvgIpc) is 3.03. The Labute approximate surface area is 157 Å². The van der Waals surface area contributed by atoms with Gasteiger partial charge in [-0.25, -0.2) is 4.68 Å². The molecule has 3 aromatic rings. The molecule has 2 amide bonds. The van der Waals surface area contributed by atoms with Crippen LogP contribution in [0.25, 0.3) is 5.69 Å². The molecule has 28 heavy (non-hydrogen) atoms. The highest BCUT2D eigenvalue weighted by molar-refractivity contribution is 6.08. The van der Waals surface area contributed by atoms with Crippen molar-refractivity contribution in [3.63, 3.8) is 0 Å². The van der Waals surface area contributed by atoms with Crippen molar-refractivity contribution in [3.8, 4) is 11.4 Å². The number of benzene rings is 2. The molecule has 1 aromatic heterocycles. The number of carbonyl (C=O) groups excluding carboxylic acids is 2. The van der Waals surface area contributed by atoms with Gasteiger partial charge in [0, 0.05) is 0 Å². The lowest BCUT2D eigenvalue weighted by Crippen LogP contribution is -2.19. The van der Waals surface area contributed by atoms with Gasteiger partial charge >= 0.3 is 6.61 Å². The van der Waals surface area contributed by atoms with E-state index in [0.29, 0.717) is 11.4 Å². The number of ether oxygens (including phenoxy) is 1. The fourth-order valence-corrected chi connectivity index (χ4v) is 2.54. The van der Waals surface area contributed by atoms with E-state index in [0.717, 1.165) is 0 Å². The molecule has 0 saturated heterocycles. The number of para-hydroxylation sites is 1. The number of halogens is 2. The number of amides is 2. The van der Waals surface area contributed by atoms with Gasteiger partial charge in [0.2, 0.25) is 0 Å². The number of aromatic nitrogens is 3. The molecule has 0 saturated carbocycles. The van der Waals surface area contributed by atoms with E-state index in [2.05, 4.69) is 20.4 Å². The maximum Gasteiger partial charge on any atom is 0.387 e. The van der Waals surface area contributed by atoms with Crippen molar-refractivity contribution in [2.75, 3.05) is 5.32 Å². The van der Waals surface area contributed by atoms with Gasteiger partial charge in [-0.05, 0) is 43.3 Å². The van der Waals surface area contributed by atoms with E-state index in [1.54, 1.807) is 25.1 Å². The highest BCUT2D eigenvalue weighted by Crippen LogP contribution is 2.20. The van der Waals surface area contributed by atoms with E-state index in [1.165, 1.54) is 35.0 Å². The first-order valence-electron chi connectivity index (χ1n) is 8.04. The fourth-order valence-electron chi connectivity index (χ4n) is 2.54. The number of nitrogens with zero attached hydrogens (tertiary/aromatic N) is 3. The number of anilines is 1. The Balaban J connectivity index is 1.83. The first-order valence-corrected chi connectivity index (χ1v) is 8.04. The molecule has 3 N–H and O–H groups in total. The summed E-state index contributed by atoms with van der Waals surface area (Å²) >= 11 is 0. The van der Waals surface area contributed by atoms with Gasteiger partial charge in [0.15, 0.2) is 5.69 Å². The molecule has 2 aromatic carbocycles. The van der Waals surface area contributed by atoms with E-state index in [4.69, 9.17) is 5.73 Å². The van der Waals surface area contributed by atoms with Crippen LogP contribution in [-0.4, -0.2) is 33.4 Å². The number of nitrogens with two attached hydrogens (primary N) is 1. The second-order valence-corrected chi connectivity index (χ2v) is 5.67. The second kappa shape index (κ2) is 7.82. The van der Waals surface area contributed by atoms with Crippen molar-refractivity contribution in [1.82, 2.24) is 15.0 Å². The summed E-state index contributed by atoms with van der Waals surface area (Å²) in [6, 6.07) is 12.0. The molecule has 8 nitrogen and oxygen atoms in total. The van der Waals surface area contributed by atoms with Crippen LogP contribution in [0.3, 0.4) is 0 Å². The standard InChI is InChI=1S/C18H15F2N5O3/c1-10-15(17(27)22-14-5-3-2-4-13(14)16(21)26)23-24-25(10)11-6-8-12(9-7-11)28-18(19)20/h2-9,18H,1H3,(H2,21,26)(H,22,27). The number of nitrogens with one attached hydrogen (secondary N) is 1. The number of hydrogen-bond acceptors (Lipinski definition) is 5. The molecule has 0 spiro atoms. The van der Waals surface area contributed by atoms with Crippen molar-refractivity contribution in [1.29, 1.82) is 0 Å². The van der Waals surface area contributed by atoms with Crippen LogP contribution in [0.4, 0.5) is 14.5 Å². The number of alkyl halides is 2. The third-order valence-corrected chi connectivity index (χ3v) is 3.86. The Morgan fingerprint density at radius 2 is 1.82 bits per heavy atom. The Kier molecular flexibility index (Phi) is 5.30. The van der Waals surface area contributed by atoms with Crippen LogP contribution in [0.15, 0.2) is 48.5 Å². The van der Waals surface area contributed by atoms with Gasteiger partial charge in [-0.2, -0.15) is 8.78 Å². The fraction of sp³-hybridized carbons (Fsp3) is 0.111.